The van der Waals surface area contributed by atoms with Crippen molar-refractivity contribution in [3.8, 4) is 0 Å². The van der Waals surface area contributed by atoms with Crippen molar-refractivity contribution in [2.75, 3.05) is 19.8 Å². The molecule has 0 aromatic carbocycles. The number of aliphatic hydroxyl groups excluding tert-OH is 8. The highest BCUT2D eigenvalue weighted by Gasteiger charge is 2.51. The van der Waals surface area contributed by atoms with Crippen molar-refractivity contribution in [1.82, 2.24) is 5.32 Å². The van der Waals surface area contributed by atoms with Gasteiger partial charge in [-0.25, -0.2) is 0 Å². The molecular formula is C57H101NO13. The summed E-state index contributed by atoms with van der Waals surface area (Å²) in [6.45, 7) is 2.74. The van der Waals surface area contributed by atoms with E-state index in [2.05, 4.69) is 67.8 Å². The molecule has 14 heteroatoms. The molecule has 0 aromatic rings. The molecule has 9 N–H and O–H groups in total. The molecule has 0 aromatic heterocycles. The lowest BCUT2D eigenvalue weighted by Crippen LogP contribution is -2.65. The van der Waals surface area contributed by atoms with Crippen LogP contribution in [0.5, 0.6) is 0 Å². The highest BCUT2D eigenvalue weighted by Crippen LogP contribution is 2.30. The lowest BCUT2D eigenvalue weighted by atomic mass is 9.97. The van der Waals surface area contributed by atoms with Crippen molar-refractivity contribution < 1.29 is 64.6 Å². The zero-order valence-electron chi connectivity index (χ0n) is 43.9. The second-order valence-electron chi connectivity index (χ2n) is 19.7. The van der Waals surface area contributed by atoms with Crippen LogP contribution in [0, 0.1) is 0 Å². The van der Waals surface area contributed by atoms with Crippen LogP contribution >= 0.6 is 0 Å². The molecule has 1 amide bonds. The summed E-state index contributed by atoms with van der Waals surface area (Å²) in [5.74, 6) is -0.259. The molecule has 2 heterocycles. The molecule has 0 spiro atoms. The van der Waals surface area contributed by atoms with E-state index in [1.54, 1.807) is 6.08 Å². The van der Waals surface area contributed by atoms with Gasteiger partial charge >= 0.3 is 0 Å². The number of amides is 1. The predicted octanol–water partition coefficient (Wildman–Crippen LogP) is 8.61. The van der Waals surface area contributed by atoms with E-state index in [-0.39, 0.29) is 18.9 Å². The highest BCUT2D eigenvalue weighted by atomic mass is 16.7. The first kappa shape index (κ1) is 64.8. The summed E-state index contributed by atoms with van der Waals surface area (Å²) in [4.78, 5) is 13.2. The van der Waals surface area contributed by atoms with E-state index >= 15 is 0 Å². The fraction of sp³-hybridized carbons (Fsp3) is 0.807. The number of hydrogen-bond donors (Lipinski definition) is 9. The largest absolute Gasteiger partial charge is 0.394 e. The number of carbonyl (C=O) groups is 1. The molecule has 2 fully saturated rings. The van der Waals surface area contributed by atoms with Gasteiger partial charge in [-0.15, -0.1) is 0 Å². The molecule has 0 aliphatic carbocycles. The van der Waals surface area contributed by atoms with E-state index < -0.39 is 86.8 Å². The lowest BCUT2D eigenvalue weighted by Gasteiger charge is -2.46. The topological polar surface area (TPSA) is 228 Å². The number of allylic oxidation sites excluding steroid dienone is 9. The minimum atomic E-state index is -1.79. The maximum atomic E-state index is 13.2. The average Bonchev–Trinajstić information content (AvgIpc) is 3.37. The third-order valence-corrected chi connectivity index (χ3v) is 13.4. The van der Waals surface area contributed by atoms with E-state index in [4.69, 9.17) is 18.9 Å². The number of unbranched alkanes of at least 4 members (excludes halogenated alkanes) is 22. The molecule has 0 saturated carbocycles. The highest BCUT2D eigenvalue weighted by molar-refractivity contribution is 5.76. The Morgan fingerprint density at radius 3 is 1.48 bits per heavy atom. The van der Waals surface area contributed by atoms with Gasteiger partial charge in [-0.3, -0.25) is 4.79 Å². The Hall–Kier alpha value is -2.31. The normalized spacial score (nSPS) is 26.2. The molecule has 71 heavy (non-hydrogen) atoms. The Morgan fingerprint density at radius 2 is 0.944 bits per heavy atom. The summed E-state index contributed by atoms with van der Waals surface area (Å²) >= 11 is 0. The van der Waals surface area contributed by atoms with E-state index in [9.17, 15) is 45.6 Å². The van der Waals surface area contributed by atoms with E-state index in [1.807, 2.05) is 6.08 Å². The zero-order valence-corrected chi connectivity index (χ0v) is 43.9. The summed E-state index contributed by atoms with van der Waals surface area (Å²) < 4.78 is 22.7. The molecule has 0 radical (unpaired) electrons. The molecule has 12 atom stereocenters. The standard InChI is InChI=1S/C57H101NO13/c1-3-5-7-9-11-13-15-17-19-20-21-22-23-24-25-26-27-29-31-33-35-37-39-41-49(62)58-45(46(61)40-38-36-34-32-30-28-18-16-14-12-10-8-6-4-2)44-68-56-54(67)52(65)55(48(43-60)70-56)71-57-53(66)51(64)50(63)47(42-59)69-57/h15,17,20-21,23-24,30,32,38,40,45-48,50-57,59-61,63-67H,3-14,16,18-19,22,25-29,31,33-37,39,41-44H2,1-2H3,(H,58,62)/b17-15-,21-20-,24-23-,32-30+,40-38+. The number of hydrogen-bond acceptors (Lipinski definition) is 13. The molecule has 0 bridgehead atoms. The van der Waals surface area contributed by atoms with Crippen molar-refractivity contribution in [3.05, 3.63) is 60.8 Å². The number of nitrogens with one attached hydrogen (secondary N) is 1. The average molecular weight is 1010 g/mol. The molecule has 2 aliphatic heterocycles. The van der Waals surface area contributed by atoms with Gasteiger partial charge in [0.05, 0.1) is 32.0 Å². The molecule has 14 nitrogen and oxygen atoms in total. The van der Waals surface area contributed by atoms with Gasteiger partial charge in [-0.2, -0.15) is 0 Å². The first-order valence-corrected chi connectivity index (χ1v) is 28.0. The minimum Gasteiger partial charge on any atom is -0.394 e. The Kier molecular flexibility index (Phi) is 39.2. The summed E-state index contributed by atoms with van der Waals surface area (Å²) in [6, 6.07) is -0.937. The van der Waals surface area contributed by atoms with Crippen LogP contribution in [-0.4, -0.2) is 140 Å². The van der Waals surface area contributed by atoms with Crippen LogP contribution < -0.4 is 5.32 Å². The third kappa shape index (κ3) is 29.4. The van der Waals surface area contributed by atoms with E-state index in [1.165, 1.54) is 116 Å². The maximum Gasteiger partial charge on any atom is 0.220 e. The molecule has 2 aliphatic rings. The van der Waals surface area contributed by atoms with Gasteiger partial charge in [-0.05, 0) is 70.6 Å². The van der Waals surface area contributed by atoms with E-state index in [0.29, 0.717) is 12.8 Å². The Labute approximate surface area is 428 Å². The Morgan fingerprint density at radius 1 is 0.507 bits per heavy atom. The summed E-state index contributed by atoms with van der Waals surface area (Å²) in [5.41, 5.74) is 0. The minimum absolute atomic E-state index is 0.259. The fourth-order valence-corrected chi connectivity index (χ4v) is 8.84. The van der Waals surface area contributed by atoms with Crippen molar-refractivity contribution >= 4 is 5.91 Å². The van der Waals surface area contributed by atoms with Gasteiger partial charge < -0.3 is 65.1 Å². The first-order valence-electron chi connectivity index (χ1n) is 28.0. The Balaban J connectivity index is 1.80. The SMILES string of the molecule is CCCCCCC/C=C\C/C=C\C/C=C\CCCCCCCCCCC(=O)NC(COC1OC(CO)C(OC2OC(CO)C(O)C(O)C2O)C(O)C1O)C(O)/C=C/CC/C=C/CCCCCCCCCC. The summed E-state index contributed by atoms with van der Waals surface area (Å²) in [5, 5.41) is 86.9. The van der Waals surface area contributed by atoms with Crippen LogP contribution in [-0.2, 0) is 23.7 Å². The van der Waals surface area contributed by atoms with Crippen LogP contribution in [0.2, 0.25) is 0 Å². The molecule has 412 valence electrons. The van der Waals surface area contributed by atoms with Gasteiger partial charge in [-0.1, -0.05) is 184 Å². The quantitative estimate of drug-likeness (QED) is 0.0206. The van der Waals surface area contributed by atoms with Crippen LogP contribution in [0.1, 0.15) is 200 Å². The summed E-state index contributed by atoms with van der Waals surface area (Å²) in [6.07, 6.45) is 36.8. The van der Waals surface area contributed by atoms with Crippen molar-refractivity contribution in [2.24, 2.45) is 0 Å². The van der Waals surface area contributed by atoms with Crippen molar-refractivity contribution in [2.45, 2.75) is 274 Å². The second kappa shape index (κ2) is 43.0. The van der Waals surface area contributed by atoms with Gasteiger partial charge in [0.2, 0.25) is 5.91 Å². The predicted molar refractivity (Wildman–Crippen MR) is 281 cm³/mol. The molecular weight excluding hydrogens is 907 g/mol. The van der Waals surface area contributed by atoms with Gasteiger partial charge in [0.1, 0.15) is 48.8 Å². The first-order chi connectivity index (χ1) is 34.6. The number of rotatable bonds is 43. The molecule has 2 saturated heterocycles. The summed E-state index contributed by atoms with van der Waals surface area (Å²) in [7, 11) is 0. The van der Waals surface area contributed by atoms with Crippen LogP contribution in [0.3, 0.4) is 0 Å². The Bertz CT molecular complexity index is 1420. The number of ether oxygens (including phenoxy) is 4. The molecule has 12 unspecified atom stereocenters. The maximum absolute atomic E-state index is 13.2. The lowest BCUT2D eigenvalue weighted by molar-refractivity contribution is -0.359. The van der Waals surface area contributed by atoms with E-state index in [0.717, 1.165) is 51.4 Å². The monoisotopic (exact) mass is 1010 g/mol. The van der Waals surface area contributed by atoms with Crippen LogP contribution in [0.15, 0.2) is 60.8 Å². The smallest absolute Gasteiger partial charge is 0.220 e. The number of carbonyl (C=O) groups excluding carboxylic acids is 1. The van der Waals surface area contributed by atoms with Gasteiger partial charge in [0, 0.05) is 6.42 Å². The second-order valence-corrected chi connectivity index (χ2v) is 19.7. The third-order valence-electron chi connectivity index (χ3n) is 13.4. The van der Waals surface area contributed by atoms with Crippen molar-refractivity contribution in [3.63, 3.8) is 0 Å². The van der Waals surface area contributed by atoms with Gasteiger partial charge in [0.15, 0.2) is 12.6 Å². The van der Waals surface area contributed by atoms with Crippen LogP contribution in [0.25, 0.3) is 0 Å². The van der Waals surface area contributed by atoms with Gasteiger partial charge in [0.25, 0.3) is 0 Å². The van der Waals surface area contributed by atoms with Crippen molar-refractivity contribution in [1.29, 1.82) is 0 Å². The zero-order chi connectivity index (χ0) is 51.7. The van der Waals surface area contributed by atoms with Crippen LogP contribution in [0.4, 0.5) is 0 Å². The molecule has 2 rings (SSSR count). The fourth-order valence-electron chi connectivity index (χ4n) is 8.84. The number of aliphatic hydroxyl groups is 8.